The number of rotatable bonds is 4. The molecule has 0 fully saturated rings. The Morgan fingerprint density at radius 2 is 2.24 bits per heavy atom. The van der Waals surface area contributed by atoms with Gasteiger partial charge >= 0.3 is 0 Å². The van der Waals surface area contributed by atoms with E-state index in [1.807, 2.05) is 30.5 Å². The van der Waals surface area contributed by atoms with Gasteiger partial charge in [0.1, 0.15) is 6.04 Å². The van der Waals surface area contributed by atoms with Crippen LogP contribution in [-0.4, -0.2) is 34.2 Å². The van der Waals surface area contributed by atoms with Gasteiger partial charge in [0.25, 0.3) is 5.91 Å². The molecule has 2 amide bonds. The van der Waals surface area contributed by atoms with Gasteiger partial charge in [0.05, 0.1) is 6.54 Å². The summed E-state index contributed by atoms with van der Waals surface area (Å²) in [6.07, 6.45) is 4.06. The van der Waals surface area contributed by atoms with Gasteiger partial charge in [-0.15, -0.1) is 0 Å². The van der Waals surface area contributed by atoms with Crippen molar-refractivity contribution in [3.8, 4) is 0 Å². The number of hydrogen-bond donors (Lipinski definition) is 2. The summed E-state index contributed by atoms with van der Waals surface area (Å²) in [6, 6.07) is 8.69. The quantitative estimate of drug-likeness (QED) is 0.851. The second-order valence-corrected chi connectivity index (χ2v) is 4.95. The number of carbonyl (C=O) groups is 2. The van der Waals surface area contributed by atoms with E-state index in [-0.39, 0.29) is 11.8 Å². The Kier molecular flexibility index (Phi) is 3.68. The molecule has 3 rings (SSSR count). The third kappa shape index (κ3) is 2.94. The predicted octanol–water partition coefficient (Wildman–Crippen LogP) is 0.354. The molecule has 2 aromatic rings. The summed E-state index contributed by atoms with van der Waals surface area (Å²) in [5, 5.41) is 9.63. The van der Waals surface area contributed by atoms with Crippen LogP contribution in [0, 0.1) is 0 Å². The van der Waals surface area contributed by atoms with E-state index in [0.29, 0.717) is 25.1 Å². The Balaban J connectivity index is 1.58. The van der Waals surface area contributed by atoms with Gasteiger partial charge in [-0.05, 0) is 17.7 Å². The Morgan fingerprint density at radius 3 is 3.05 bits per heavy atom. The van der Waals surface area contributed by atoms with Gasteiger partial charge in [-0.1, -0.05) is 18.2 Å². The molecule has 0 aliphatic carbocycles. The van der Waals surface area contributed by atoms with Crippen LogP contribution in [0.1, 0.15) is 15.9 Å². The van der Waals surface area contributed by atoms with Crippen molar-refractivity contribution in [2.24, 2.45) is 0 Å². The summed E-state index contributed by atoms with van der Waals surface area (Å²) in [6.45, 7) is 1.09. The van der Waals surface area contributed by atoms with Gasteiger partial charge in [-0.2, -0.15) is 5.10 Å². The Hall–Kier alpha value is -2.63. The Morgan fingerprint density at radius 1 is 1.38 bits per heavy atom. The number of hydrogen-bond acceptors (Lipinski definition) is 3. The number of carbonyl (C=O) groups excluding carboxylic acids is 2. The van der Waals surface area contributed by atoms with E-state index in [9.17, 15) is 9.59 Å². The Labute approximate surface area is 122 Å². The van der Waals surface area contributed by atoms with E-state index in [0.717, 1.165) is 5.56 Å². The minimum absolute atomic E-state index is 0.162. The van der Waals surface area contributed by atoms with Gasteiger partial charge in [-0.3, -0.25) is 14.3 Å². The maximum Gasteiger partial charge on any atom is 0.252 e. The molecule has 0 radical (unpaired) electrons. The number of fused-ring (bicyclic) bond motifs is 1. The zero-order chi connectivity index (χ0) is 14.7. The highest BCUT2D eigenvalue weighted by molar-refractivity contribution is 6.00. The molecular weight excluding hydrogens is 268 g/mol. The van der Waals surface area contributed by atoms with Crippen LogP contribution in [0.15, 0.2) is 42.7 Å². The van der Waals surface area contributed by atoms with Crippen LogP contribution < -0.4 is 10.6 Å². The van der Waals surface area contributed by atoms with E-state index < -0.39 is 6.04 Å². The first-order valence-corrected chi connectivity index (χ1v) is 6.88. The maximum absolute atomic E-state index is 12.1. The van der Waals surface area contributed by atoms with Crippen molar-refractivity contribution in [1.29, 1.82) is 0 Å². The molecule has 1 aromatic carbocycles. The minimum Gasteiger partial charge on any atom is -0.352 e. The zero-order valence-electron chi connectivity index (χ0n) is 11.5. The van der Waals surface area contributed by atoms with Crippen LogP contribution in [-0.2, 0) is 17.8 Å². The Bertz CT molecular complexity index is 651. The molecular formula is C15H16N4O2. The lowest BCUT2D eigenvalue weighted by Crippen LogP contribution is -2.51. The lowest BCUT2D eigenvalue weighted by molar-refractivity contribution is -0.123. The SMILES string of the molecule is O=C1NC(C(=O)NCCn2cccn2)Cc2ccccc21. The first-order chi connectivity index (χ1) is 10.2. The molecule has 1 atom stereocenters. The number of benzene rings is 1. The second kappa shape index (κ2) is 5.78. The molecule has 6 nitrogen and oxygen atoms in total. The fraction of sp³-hybridized carbons (Fsp3) is 0.267. The molecule has 6 heteroatoms. The van der Waals surface area contributed by atoms with Crippen molar-refractivity contribution in [3.63, 3.8) is 0 Å². The van der Waals surface area contributed by atoms with Crippen molar-refractivity contribution in [1.82, 2.24) is 20.4 Å². The predicted molar refractivity (Wildman–Crippen MR) is 76.6 cm³/mol. The number of nitrogens with one attached hydrogen (secondary N) is 2. The first kappa shape index (κ1) is 13.4. The summed E-state index contributed by atoms with van der Waals surface area (Å²) in [5.41, 5.74) is 1.56. The smallest absolute Gasteiger partial charge is 0.252 e. The van der Waals surface area contributed by atoms with Gasteiger partial charge in [0.2, 0.25) is 5.91 Å². The van der Waals surface area contributed by atoms with Crippen LogP contribution in [0.25, 0.3) is 0 Å². The molecule has 1 aromatic heterocycles. The molecule has 21 heavy (non-hydrogen) atoms. The maximum atomic E-state index is 12.1. The lowest BCUT2D eigenvalue weighted by atomic mass is 9.95. The molecule has 2 heterocycles. The van der Waals surface area contributed by atoms with E-state index in [2.05, 4.69) is 15.7 Å². The normalized spacial score (nSPS) is 17.0. The molecule has 0 saturated carbocycles. The molecule has 2 N–H and O–H groups in total. The third-order valence-corrected chi connectivity index (χ3v) is 3.51. The van der Waals surface area contributed by atoms with Crippen LogP contribution in [0.2, 0.25) is 0 Å². The van der Waals surface area contributed by atoms with E-state index in [1.165, 1.54) is 0 Å². The van der Waals surface area contributed by atoms with E-state index >= 15 is 0 Å². The van der Waals surface area contributed by atoms with Crippen LogP contribution in [0.5, 0.6) is 0 Å². The van der Waals surface area contributed by atoms with Crippen molar-refractivity contribution < 1.29 is 9.59 Å². The summed E-state index contributed by atoms with van der Waals surface area (Å²) in [5.74, 6) is -0.353. The zero-order valence-corrected chi connectivity index (χ0v) is 11.5. The van der Waals surface area contributed by atoms with Crippen LogP contribution >= 0.6 is 0 Å². The number of nitrogens with zero attached hydrogens (tertiary/aromatic N) is 2. The number of amides is 2. The third-order valence-electron chi connectivity index (χ3n) is 3.51. The van der Waals surface area contributed by atoms with Crippen molar-refractivity contribution in [3.05, 3.63) is 53.9 Å². The second-order valence-electron chi connectivity index (χ2n) is 4.95. The average molecular weight is 284 g/mol. The molecule has 1 unspecified atom stereocenters. The average Bonchev–Trinajstić information content (AvgIpc) is 3.00. The van der Waals surface area contributed by atoms with Gasteiger partial charge in [-0.25, -0.2) is 0 Å². The molecule has 0 spiro atoms. The highest BCUT2D eigenvalue weighted by Gasteiger charge is 2.28. The van der Waals surface area contributed by atoms with Gasteiger partial charge in [0.15, 0.2) is 0 Å². The molecule has 1 aliphatic heterocycles. The standard InChI is InChI=1S/C15H16N4O2/c20-14-12-5-2-1-4-11(12)10-13(18-14)15(21)16-7-9-19-8-3-6-17-19/h1-6,8,13H,7,9-10H2,(H,16,21)(H,18,20). The largest absolute Gasteiger partial charge is 0.352 e. The fourth-order valence-electron chi connectivity index (χ4n) is 2.43. The lowest BCUT2D eigenvalue weighted by Gasteiger charge is -2.24. The summed E-state index contributed by atoms with van der Waals surface area (Å²) >= 11 is 0. The highest BCUT2D eigenvalue weighted by atomic mass is 16.2. The highest BCUT2D eigenvalue weighted by Crippen LogP contribution is 2.16. The fourth-order valence-corrected chi connectivity index (χ4v) is 2.43. The number of aromatic nitrogens is 2. The van der Waals surface area contributed by atoms with Crippen molar-refractivity contribution in [2.75, 3.05) is 6.54 Å². The van der Waals surface area contributed by atoms with E-state index in [1.54, 1.807) is 16.9 Å². The van der Waals surface area contributed by atoms with Gasteiger partial charge < -0.3 is 10.6 Å². The van der Waals surface area contributed by atoms with Gasteiger partial charge in [0, 0.05) is 30.9 Å². The van der Waals surface area contributed by atoms with E-state index in [4.69, 9.17) is 0 Å². The van der Waals surface area contributed by atoms with Crippen LogP contribution in [0.3, 0.4) is 0 Å². The topological polar surface area (TPSA) is 76.0 Å². The summed E-state index contributed by atoms with van der Waals surface area (Å²) < 4.78 is 1.75. The monoisotopic (exact) mass is 284 g/mol. The summed E-state index contributed by atoms with van der Waals surface area (Å²) in [7, 11) is 0. The molecule has 0 bridgehead atoms. The first-order valence-electron chi connectivity index (χ1n) is 6.88. The van der Waals surface area contributed by atoms with Crippen molar-refractivity contribution in [2.45, 2.75) is 19.0 Å². The van der Waals surface area contributed by atoms with Crippen molar-refractivity contribution >= 4 is 11.8 Å². The molecule has 108 valence electrons. The summed E-state index contributed by atoms with van der Waals surface area (Å²) in [4.78, 5) is 24.1. The molecule has 1 aliphatic rings. The van der Waals surface area contributed by atoms with Crippen LogP contribution in [0.4, 0.5) is 0 Å². The molecule has 0 saturated heterocycles. The minimum atomic E-state index is -0.509.